The first-order chi connectivity index (χ1) is 7.43. The SMILES string of the molecule is Cc1c(N)cc2c(N)c(C)c(N)cc2c1N. The highest BCUT2D eigenvalue weighted by atomic mass is 14.7. The Hall–Kier alpha value is -2.10. The molecule has 0 aliphatic carbocycles. The Balaban J connectivity index is 3.02. The van der Waals surface area contributed by atoms with E-state index in [2.05, 4.69) is 0 Å². The van der Waals surface area contributed by atoms with Crippen LogP contribution in [0.5, 0.6) is 0 Å². The fourth-order valence-electron chi connectivity index (χ4n) is 1.84. The van der Waals surface area contributed by atoms with Crippen LogP contribution in [0, 0.1) is 13.8 Å². The standard InChI is InChI=1S/C12H16N4/c1-5-9(13)3-8-7(11(5)15)4-10(14)6(2)12(8)16/h3-4H,13-16H2,1-2H3. The number of fused-ring (bicyclic) bond motifs is 1. The van der Waals surface area contributed by atoms with Crippen molar-refractivity contribution in [3.8, 4) is 0 Å². The molecule has 2 aromatic rings. The first-order valence-electron chi connectivity index (χ1n) is 5.06. The molecule has 2 rings (SSSR count). The zero-order valence-corrected chi connectivity index (χ0v) is 9.46. The average Bonchev–Trinajstić information content (AvgIpc) is 2.25. The van der Waals surface area contributed by atoms with Crippen LogP contribution in [0.3, 0.4) is 0 Å². The summed E-state index contributed by atoms with van der Waals surface area (Å²) in [5, 5.41) is 1.74. The minimum absolute atomic E-state index is 0.647. The van der Waals surface area contributed by atoms with Gasteiger partial charge in [0.2, 0.25) is 0 Å². The lowest BCUT2D eigenvalue weighted by atomic mass is 9.98. The molecule has 4 heteroatoms. The van der Waals surface area contributed by atoms with Crippen LogP contribution in [-0.4, -0.2) is 0 Å². The summed E-state index contributed by atoms with van der Waals surface area (Å²) in [4.78, 5) is 0. The molecule has 0 amide bonds. The van der Waals surface area contributed by atoms with Crippen molar-refractivity contribution >= 4 is 33.5 Å². The number of nitrogen functional groups attached to an aromatic ring is 4. The molecule has 4 nitrogen and oxygen atoms in total. The third-order valence-corrected chi connectivity index (χ3v) is 3.14. The smallest absolute Gasteiger partial charge is 0.0445 e. The maximum Gasteiger partial charge on any atom is 0.0445 e. The third-order valence-electron chi connectivity index (χ3n) is 3.14. The zero-order valence-electron chi connectivity index (χ0n) is 9.46. The van der Waals surface area contributed by atoms with Gasteiger partial charge in [0.1, 0.15) is 0 Å². The van der Waals surface area contributed by atoms with Crippen LogP contribution in [0.4, 0.5) is 22.7 Å². The molecule has 8 N–H and O–H groups in total. The number of nitrogens with two attached hydrogens (primary N) is 4. The fourth-order valence-corrected chi connectivity index (χ4v) is 1.84. The van der Waals surface area contributed by atoms with Gasteiger partial charge in [0, 0.05) is 33.5 Å². The fraction of sp³-hybridized carbons (Fsp3) is 0.167. The molecule has 0 aromatic heterocycles. The largest absolute Gasteiger partial charge is 0.398 e. The van der Waals surface area contributed by atoms with Crippen molar-refractivity contribution in [1.82, 2.24) is 0 Å². The second-order valence-electron chi connectivity index (χ2n) is 4.10. The van der Waals surface area contributed by atoms with Gasteiger partial charge in [-0.15, -0.1) is 0 Å². The van der Waals surface area contributed by atoms with Crippen LogP contribution in [0.1, 0.15) is 11.1 Å². The molecular weight excluding hydrogens is 200 g/mol. The van der Waals surface area contributed by atoms with Gasteiger partial charge in [0.25, 0.3) is 0 Å². The minimum atomic E-state index is 0.647. The van der Waals surface area contributed by atoms with E-state index in [1.807, 2.05) is 26.0 Å². The molecule has 0 aliphatic rings. The Kier molecular flexibility index (Phi) is 2.08. The average molecular weight is 216 g/mol. The molecule has 0 unspecified atom stereocenters. The second-order valence-corrected chi connectivity index (χ2v) is 4.10. The highest BCUT2D eigenvalue weighted by Gasteiger charge is 2.11. The van der Waals surface area contributed by atoms with Crippen LogP contribution in [-0.2, 0) is 0 Å². The minimum Gasteiger partial charge on any atom is -0.398 e. The lowest BCUT2D eigenvalue weighted by Gasteiger charge is -2.14. The number of anilines is 4. The normalized spacial score (nSPS) is 10.9. The van der Waals surface area contributed by atoms with Crippen molar-refractivity contribution in [2.24, 2.45) is 0 Å². The number of hydrogen-bond donors (Lipinski definition) is 4. The summed E-state index contributed by atoms with van der Waals surface area (Å²) >= 11 is 0. The van der Waals surface area contributed by atoms with Crippen molar-refractivity contribution in [3.05, 3.63) is 23.3 Å². The monoisotopic (exact) mass is 216 g/mol. The zero-order chi connectivity index (χ0) is 12.0. The van der Waals surface area contributed by atoms with Crippen LogP contribution >= 0.6 is 0 Å². The first-order valence-corrected chi connectivity index (χ1v) is 5.06. The van der Waals surface area contributed by atoms with Crippen molar-refractivity contribution < 1.29 is 0 Å². The summed E-state index contributed by atoms with van der Waals surface area (Å²) in [5.74, 6) is 0. The summed E-state index contributed by atoms with van der Waals surface area (Å²) in [7, 11) is 0. The Bertz CT molecular complexity index is 534. The molecule has 0 heterocycles. The Labute approximate surface area is 94.2 Å². The molecule has 0 saturated heterocycles. The third kappa shape index (κ3) is 1.23. The van der Waals surface area contributed by atoms with E-state index in [0.717, 1.165) is 21.9 Å². The van der Waals surface area contributed by atoms with Gasteiger partial charge in [0.15, 0.2) is 0 Å². The van der Waals surface area contributed by atoms with Gasteiger partial charge < -0.3 is 22.9 Å². The molecule has 0 atom stereocenters. The van der Waals surface area contributed by atoms with E-state index in [-0.39, 0.29) is 0 Å². The maximum atomic E-state index is 6.02. The number of hydrogen-bond acceptors (Lipinski definition) is 4. The van der Waals surface area contributed by atoms with Gasteiger partial charge in [-0.25, -0.2) is 0 Å². The quantitative estimate of drug-likeness (QED) is 0.504. The van der Waals surface area contributed by atoms with Gasteiger partial charge in [-0.1, -0.05) is 0 Å². The predicted molar refractivity (Wildman–Crippen MR) is 71.1 cm³/mol. The van der Waals surface area contributed by atoms with E-state index in [4.69, 9.17) is 22.9 Å². The highest BCUT2D eigenvalue weighted by Crippen LogP contribution is 2.36. The van der Waals surface area contributed by atoms with Gasteiger partial charge in [-0.2, -0.15) is 0 Å². The molecule has 0 fully saturated rings. The van der Waals surface area contributed by atoms with Gasteiger partial charge >= 0.3 is 0 Å². The predicted octanol–water partition coefficient (Wildman–Crippen LogP) is 1.79. The van der Waals surface area contributed by atoms with Gasteiger partial charge in [-0.05, 0) is 37.1 Å². The number of rotatable bonds is 0. The van der Waals surface area contributed by atoms with Gasteiger partial charge in [-0.3, -0.25) is 0 Å². The first kappa shape index (κ1) is 10.4. The van der Waals surface area contributed by atoms with Crippen molar-refractivity contribution in [2.45, 2.75) is 13.8 Å². The van der Waals surface area contributed by atoms with Crippen molar-refractivity contribution in [2.75, 3.05) is 22.9 Å². The van der Waals surface area contributed by atoms with E-state index in [1.165, 1.54) is 0 Å². The Morgan fingerprint density at radius 1 is 0.688 bits per heavy atom. The summed E-state index contributed by atoms with van der Waals surface area (Å²) in [6.45, 7) is 3.77. The van der Waals surface area contributed by atoms with Crippen LogP contribution in [0.15, 0.2) is 12.1 Å². The van der Waals surface area contributed by atoms with Crippen LogP contribution < -0.4 is 22.9 Å². The molecule has 2 aromatic carbocycles. The van der Waals surface area contributed by atoms with E-state index in [0.29, 0.717) is 22.7 Å². The van der Waals surface area contributed by atoms with E-state index in [9.17, 15) is 0 Å². The Morgan fingerprint density at radius 3 is 1.31 bits per heavy atom. The molecule has 84 valence electrons. The molecule has 0 radical (unpaired) electrons. The topological polar surface area (TPSA) is 104 Å². The van der Waals surface area contributed by atoms with E-state index in [1.54, 1.807) is 0 Å². The molecule has 0 saturated carbocycles. The van der Waals surface area contributed by atoms with E-state index >= 15 is 0 Å². The van der Waals surface area contributed by atoms with E-state index < -0.39 is 0 Å². The second kappa shape index (κ2) is 3.20. The van der Waals surface area contributed by atoms with Crippen LogP contribution in [0.25, 0.3) is 10.8 Å². The van der Waals surface area contributed by atoms with Crippen molar-refractivity contribution in [1.29, 1.82) is 0 Å². The van der Waals surface area contributed by atoms with Crippen molar-refractivity contribution in [3.63, 3.8) is 0 Å². The molecule has 0 bridgehead atoms. The summed E-state index contributed by atoms with van der Waals surface area (Å²) in [5.41, 5.74) is 28.1. The summed E-state index contributed by atoms with van der Waals surface area (Å²) < 4.78 is 0. The van der Waals surface area contributed by atoms with Gasteiger partial charge in [0.05, 0.1) is 0 Å². The molecule has 0 spiro atoms. The maximum absolute atomic E-state index is 6.02. The molecule has 0 aliphatic heterocycles. The highest BCUT2D eigenvalue weighted by molar-refractivity contribution is 6.06. The summed E-state index contributed by atoms with van der Waals surface area (Å²) in [6, 6.07) is 3.70. The summed E-state index contributed by atoms with van der Waals surface area (Å²) in [6.07, 6.45) is 0. The lowest BCUT2D eigenvalue weighted by Crippen LogP contribution is -2.02. The molecular formula is C12H16N4. The Morgan fingerprint density at radius 2 is 1.00 bits per heavy atom. The van der Waals surface area contributed by atoms with Crippen LogP contribution in [0.2, 0.25) is 0 Å². The molecule has 16 heavy (non-hydrogen) atoms. The number of benzene rings is 2. The lowest BCUT2D eigenvalue weighted by molar-refractivity contribution is 1.47.